The van der Waals surface area contributed by atoms with E-state index < -0.39 is 0 Å². The molecular weight excluding hydrogens is 302 g/mol. The number of nitrogens with zero attached hydrogens (tertiary/aromatic N) is 1. The lowest BCUT2D eigenvalue weighted by Gasteiger charge is -2.22. The molecule has 0 heterocycles. The standard InChI is InChI=1S/C16H18BrNO/c1-12-10-13(11-17)4-9-16(12)18(2)14-5-7-15(19-3)8-6-14/h4-10H,11H2,1-3H3. The highest BCUT2D eigenvalue weighted by molar-refractivity contribution is 9.08. The largest absolute Gasteiger partial charge is 0.497 e. The Morgan fingerprint density at radius 3 is 2.32 bits per heavy atom. The van der Waals surface area contributed by atoms with Crippen LogP contribution in [-0.4, -0.2) is 14.2 Å². The zero-order chi connectivity index (χ0) is 13.8. The maximum Gasteiger partial charge on any atom is 0.119 e. The first kappa shape index (κ1) is 13.9. The Balaban J connectivity index is 2.29. The van der Waals surface area contributed by atoms with Gasteiger partial charge in [0.1, 0.15) is 5.75 Å². The number of rotatable bonds is 4. The summed E-state index contributed by atoms with van der Waals surface area (Å²) in [6.07, 6.45) is 0. The van der Waals surface area contributed by atoms with E-state index in [1.54, 1.807) is 7.11 Å². The highest BCUT2D eigenvalue weighted by Crippen LogP contribution is 2.29. The molecule has 0 saturated heterocycles. The highest BCUT2D eigenvalue weighted by Gasteiger charge is 2.07. The van der Waals surface area contributed by atoms with Crippen LogP contribution >= 0.6 is 15.9 Å². The average molecular weight is 320 g/mol. The summed E-state index contributed by atoms with van der Waals surface area (Å²) in [5.41, 5.74) is 4.94. The van der Waals surface area contributed by atoms with Gasteiger partial charge in [-0.15, -0.1) is 0 Å². The van der Waals surface area contributed by atoms with Gasteiger partial charge >= 0.3 is 0 Å². The van der Waals surface area contributed by atoms with Crippen molar-refractivity contribution in [3.8, 4) is 5.75 Å². The number of methoxy groups -OCH3 is 1. The average Bonchev–Trinajstić information content (AvgIpc) is 2.46. The van der Waals surface area contributed by atoms with Crippen molar-refractivity contribution in [3.05, 3.63) is 53.6 Å². The van der Waals surface area contributed by atoms with E-state index in [2.05, 4.69) is 65.1 Å². The third-order valence-electron chi connectivity index (χ3n) is 3.24. The first-order chi connectivity index (χ1) is 9.15. The second-order valence-electron chi connectivity index (χ2n) is 4.51. The van der Waals surface area contributed by atoms with Gasteiger partial charge in [0.05, 0.1) is 7.11 Å². The summed E-state index contributed by atoms with van der Waals surface area (Å²) in [6.45, 7) is 2.14. The van der Waals surface area contributed by atoms with Crippen LogP contribution < -0.4 is 9.64 Å². The predicted octanol–water partition coefficient (Wildman–Crippen LogP) is 4.67. The van der Waals surface area contributed by atoms with Crippen molar-refractivity contribution in [1.82, 2.24) is 0 Å². The zero-order valence-corrected chi connectivity index (χ0v) is 13.1. The Morgan fingerprint density at radius 1 is 1.11 bits per heavy atom. The van der Waals surface area contributed by atoms with Gasteiger partial charge in [0.25, 0.3) is 0 Å². The van der Waals surface area contributed by atoms with Crippen LogP contribution in [-0.2, 0) is 5.33 Å². The summed E-state index contributed by atoms with van der Waals surface area (Å²) < 4.78 is 5.18. The predicted molar refractivity (Wildman–Crippen MR) is 84.9 cm³/mol. The molecular formula is C16H18BrNO. The van der Waals surface area contributed by atoms with Crippen molar-refractivity contribution in [2.75, 3.05) is 19.1 Å². The van der Waals surface area contributed by atoms with Crippen molar-refractivity contribution < 1.29 is 4.74 Å². The second-order valence-corrected chi connectivity index (χ2v) is 5.07. The maximum atomic E-state index is 5.18. The maximum absolute atomic E-state index is 5.18. The highest BCUT2D eigenvalue weighted by atomic mass is 79.9. The van der Waals surface area contributed by atoms with Gasteiger partial charge in [-0.3, -0.25) is 0 Å². The molecule has 0 aliphatic heterocycles. The van der Waals surface area contributed by atoms with Crippen molar-refractivity contribution >= 4 is 27.3 Å². The van der Waals surface area contributed by atoms with Crippen LogP contribution in [0.3, 0.4) is 0 Å². The van der Waals surface area contributed by atoms with Crippen molar-refractivity contribution in [2.45, 2.75) is 12.3 Å². The van der Waals surface area contributed by atoms with E-state index in [4.69, 9.17) is 4.74 Å². The number of ether oxygens (including phenoxy) is 1. The summed E-state index contributed by atoms with van der Waals surface area (Å²) in [7, 11) is 3.76. The number of hydrogen-bond donors (Lipinski definition) is 0. The molecule has 0 aromatic heterocycles. The molecule has 0 spiro atoms. The number of anilines is 2. The van der Waals surface area contributed by atoms with Crippen LogP contribution in [0.4, 0.5) is 11.4 Å². The molecule has 0 unspecified atom stereocenters. The van der Waals surface area contributed by atoms with Gasteiger partial charge in [-0.05, 0) is 48.4 Å². The van der Waals surface area contributed by atoms with Crippen LogP contribution in [0.25, 0.3) is 0 Å². The zero-order valence-electron chi connectivity index (χ0n) is 11.5. The molecule has 0 N–H and O–H groups in total. The summed E-state index contributed by atoms with van der Waals surface area (Å²) in [4.78, 5) is 2.19. The number of halogens is 1. The summed E-state index contributed by atoms with van der Waals surface area (Å²) in [5.74, 6) is 0.878. The van der Waals surface area contributed by atoms with E-state index >= 15 is 0 Å². The fraction of sp³-hybridized carbons (Fsp3) is 0.250. The van der Waals surface area contributed by atoms with Crippen LogP contribution in [0.1, 0.15) is 11.1 Å². The monoisotopic (exact) mass is 319 g/mol. The Labute approximate surface area is 123 Å². The molecule has 0 aliphatic rings. The Bertz CT molecular complexity index is 551. The van der Waals surface area contributed by atoms with E-state index in [1.165, 1.54) is 16.8 Å². The van der Waals surface area contributed by atoms with Crippen LogP contribution in [0.5, 0.6) is 5.75 Å². The molecule has 2 nitrogen and oxygen atoms in total. The van der Waals surface area contributed by atoms with E-state index in [0.717, 1.165) is 16.8 Å². The van der Waals surface area contributed by atoms with Crippen LogP contribution in [0, 0.1) is 6.92 Å². The quantitative estimate of drug-likeness (QED) is 0.759. The number of benzene rings is 2. The lowest BCUT2D eigenvalue weighted by Crippen LogP contribution is -2.10. The number of hydrogen-bond acceptors (Lipinski definition) is 2. The van der Waals surface area contributed by atoms with E-state index in [9.17, 15) is 0 Å². The minimum absolute atomic E-state index is 0.878. The summed E-state index contributed by atoms with van der Waals surface area (Å²) in [6, 6.07) is 14.6. The molecule has 0 fully saturated rings. The van der Waals surface area contributed by atoms with Crippen molar-refractivity contribution in [3.63, 3.8) is 0 Å². The lowest BCUT2D eigenvalue weighted by atomic mass is 10.1. The summed E-state index contributed by atoms with van der Waals surface area (Å²) >= 11 is 3.49. The minimum Gasteiger partial charge on any atom is -0.497 e. The van der Waals surface area contributed by atoms with Gasteiger partial charge in [0.2, 0.25) is 0 Å². The fourth-order valence-corrected chi connectivity index (χ4v) is 2.47. The molecule has 0 bridgehead atoms. The van der Waals surface area contributed by atoms with Crippen molar-refractivity contribution in [2.24, 2.45) is 0 Å². The van der Waals surface area contributed by atoms with Gasteiger partial charge in [0, 0.05) is 23.8 Å². The second kappa shape index (κ2) is 6.11. The lowest BCUT2D eigenvalue weighted by molar-refractivity contribution is 0.415. The first-order valence-corrected chi connectivity index (χ1v) is 7.31. The Kier molecular flexibility index (Phi) is 4.48. The topological polar surface area (TPSA) is 12.5 Å². The van der Waals surface area contributed by atoms with Crippen LogP contribution in [0.15, 0.2) is 42.5 Å². The molecule has 3 heteroatoms. The SMILES string of the molecule is COc1ccc(N(C)c2ccc(CBr)cc2C)cc1. The minimum atomic E-state index is 0.878. The molecule has 100 valence electrons. The van der Waals surface area contributed by atoms with Crippen molar-refractivity contribution in [1.29, 1.82) is 0 Å². The van der Waals surface area contributed by atoms with Crippen LogP contribution in [0.2, 0.25) is 0 Å². The van der Waals surface area contributed by atoms with Gasteiger partial charge < -0.3 is 9.64 Å². The summed E-state index contributed by atoms with van der Waals surface area (Å²) in [5, 5.41) is 0.889. The third kappa shape index (κ3) is 3.10. The molecule has 0 saturated carbocycles. The fourth-order valence-electron chi connectivity index (χ4n) is 2.12. The van der Waals surface area contributed by atoms with E-state index in [-0.39, 0.29) is 0 Å². The normalized spacial score (nSPS) is 10.3. The van der Waals surface area contributed by atoms with Gasteiger partial charge in [-0.25, -0.2) is 0 Å². The molecule has 2 aromatic carbocycles. The molecule has 0 amide bonds. The number of aryl methyl sites for hydroxylation is 1. The first-order valence-electron chi connectivity index (χ1n) is 6.19. The van der Waals surface area contributed by atoms with Gasteiger partial charge in [-0.1, -0.05) is 28.1 Å². The van der Waals surface area contributed by atoms with E-state index in [1.807, 2.05) is 12.1 Å². The Hall–Kier alpha value is -1.48. The third-order valence-corrected chi connectivity index (χ3v) is 3.88. The smallest absolute Gasteiger partial charge is 0.119 e. The molecule has 2 rings (SSSR count). The molecule has 0 atom stereocenters. The Morgan fingerprint density at radius 2 is 1.79 bits per heavy atom. The van der Waals surface area contributed by atoms with E-state index in [0.29, 0.717) is 0 Å². The molecule has 2 aromatic rings. The molecule has 0 aliphatic carbocycles. The van der Waals surface area contributed by atoms with Gasteiger partial charge in [0.15, 0.2) is 0 Å². The molecule has 19 heavy (non-hydrogen) atoms. The number of alkyl halides is 1. The van der Waals surface area contributed by atoms with Gasteiger partial charge in [-0.2, -0.15) is 0 Å². The molecule has 0 radical (unpaired) electrons.